The first-order valence-corrected chi connectivity index (χ1v) is 8.39. The Morgan fingerprint density at radius 2 is 2.24 bits per heavy atom. The molecule has 0 aliphatic carbocycles. The third-order valence-electron chi connectivity index (χ3n) is 3.24. The number of hydrogen-bond acceptors (Lipinski definition) is 3. The molecule has 2 N–H and O–H groups in total. The van der Waals surface area contributed by atoms with Gasteiger partial charge in [-0.25, -0.2) is 0 Å². The van der Waals surface area contributed by atoms with E-state index in [1.165, 1.54) is 11.8 Å². The van der Waals surface area contributed by atoms with Crippen LogP contribution in [-0.4, -0.2) is 30.3 Å². The molecule has 1 saturated heterocycles. The van der Waals surface area contributed by atoms with Crippen LogP contribution in [0.2, 0.25) is 10.0 Å². The van der Waals surface area contributed by atoms with Crippen molar-refractivity contribution in [3.05, 3.63) is 28.2 Å². The number of nitrogens with one attached hydrogen (secondary N) is 2. The van der Waals surface area contributed by atoms with Gasteiger partial charge in [0.15, 0.2) is 0 Å². The molecule has 1 aliphatic heterocycles. The molecule has 0 spiro atoms. The molecule has 1 amide bonds. The zero-order valence-corrected chi connectivity index (χ0v) is 14.8. The fourth-order valence-electron chi connectivity index (χ4n) is 2.26. The number of amides is 1. The Morgan fingerprint density at radius 3 is 2.95 bits per heavy atom. The molecule has 0 radical (unpaired) electrons. The third-order valence-corrected chi connectivity index (χ3v) is 4.97. The van der Waals surface area contributed by atoms with Gasteiger partial charge in [0.2, 0.25) is 5.91 Å². The van der Waals surface area contributed by atoms with Gasteiger partial charge in [0.1, 0.15) is 0 Å². The van der Waals surface area contributed by atoms with E-state index < -0.39 is 0 Å². The molecule has 2 rings (SSSR count). The van der Waals surface area contributed by atoms with Crippen LogP contribution in [0.15, 0.2) is 23.1 Å². The van der Waals surface area contributed by atoms with Crippen LogP contribution in [0.4, 0.5) is 0 Å². The predicted octanol–water partition coefficient (Wildman–Crippen LogP) is 3.76. The number of rotatable bonds is 4. The van der Waals surface area contributed by atoms with E-state index in [1.807, 2.05) is 0 Å². The van der Waals surface area contributed by atoms with E-state index in [2.05, 4.69) is 17.6 Å². The van der Waals surface area contributed by atoms with Gasteiger partial charge in [-0.15, -0.1) is 24.2 Å². The highest BCUT2D eigenvalue weighted by atomic mass is 35.5. The standard InChI is InChI=1S/C14H18Cl2N2OS.ClH/c1-9-6-11(4-5-17-9)18-14(19)8-20-13-7-10(15)2-3-12(13)16;/h2-3,7,9,11,17H,4-6,8H2,1H3,(H,18,19);1H. The molecule has 1 aliphatic rings. The van der Waals surface area contributed by atoms with Crippen LogP contribution in [0.5, 0.6) is 0 Å². The summed E-state index contributed by atoms with van der Waals surface area (Å²) in [6, 6.07) is 6.01. The quantitative estimate of drug-likeness (QED) is 0.794. The third kappa shape index (κ3) is 6.25. The van der Waals surface area contributed by atoms with E-state index in [1.54, 1.807) is 18.2 Å². The first kappa shape index (κ1) is 18.9. The molecule has 1 aromatic rings. The van der Waals surface area contributed by atoms with Gasteiger partial charge < -0.3 is 10.6 Å². The monoisotopic (exact) mass is 368 g/mol. The highest BCUT2D eigenvalue weighted by Crippen LogP contribution is 2.29. The van der Waals surface area contributed by atoms with Gasteiger partial charge in [0.25, 0.3) is 0 Å². The SMILES string of the molecule is CC1CC(NC(=O)CSc2cc(Cl)ccc2Cl)CCN1.Cl. The average Bonchev–Trinajstić information content (AvgIpc) is 2.40. The number of benzene rings is 1. The van der Waals surface area contributed by atoms with Crippen molar-refractivity contribution < 1.29 is 4.79 Å². The molecule has 0 aromatic heterocycles. The normalized spacial score (nSPS) is 21.5. The van der Waals surface area contributed by atoms with Crippen molar-refractivity contribution in [2.75, 3.05) is 12.3 Å². The Bertz CT molecular complexity index is 487. The summed E-state index contributed by atoms with van der Waals surface area (Å²) < 4.78 is 0. The van der Waals surface area contributed by atoms with Gasteiger partial charge in [-0.05, 0) is 44.5 Å². The summed E-state index contributed by atoms with van der Waals surface area (Å²) in [5, 5.41) is 7.70. The lowest BCUT2D eigenvalue weighted by molar-refractivity contribution is -0.119. The Kier molecular flexibility index (Phi) is 8.21. The molecule has 1 fully saturated rings. The fraction of sp³-hybridized carbons (Fsp3) is 0.500. The van der Waals surface area contributed by atoms with Crippen molar-refractivity contribution in [2.45, 2.75) is 36.7 Å². The maximum atomic E-state index is 12.0. The summed E-state index contributed by atoms with van der Waals surface area (Å²) in [6.45, 7) is 3.10. The zero-order valence-electron chi connectivity index (χ0n) is 11.7. The molecule has 1 heterocycles. The maximum absolute atomic E-state index is 12.0. The van der Waals surface area contributed by atoms with Crippen LogP contribution in [0.3, 0.4) is 0 Å². The molecule has 3 nitrogen and oxygen atoms in total. The van der Waals surface area contributed by atoms with Gasteiger partial charge in [-0.3, -0.25) is 4.79 Å². The van der Waals surface area contributed by atoms with Crippen molar-refractivity contribution in [3.8, 4) is 0 Å². The molecule has 118 valence electrons. The van der Waals surface area contributed by atoms with Crippen LogP contribution in [0, 0.1) is 0 Å². The van der Waals surface area contributed by atoms with Crippen LogP contribution in [-0.2, 0) is 4.79 Å². The summed E-state index contributed by atoms with van der Waals surface area (Å²) in [5.41, 5.74) is 0. The Hall–Kier alpha value is -0.130. The summed E-state index contributed by atoms with van der Waals surface area (Å²) in [4.78, 5) is 12.8. The van der Waals surface area contributed by atoms with Crippen molar-refractivity contribution in [2.24, 2.45) is 0 Å². The van der Waals surface area contributed by atoms with Crippen molar-refractivity contribution in [3.63, 3.8) is 0 Å². The second-order valence-corrected chi connectivity index (χ2v) is 6.87. The number of halogens is 3. The highest BCUT2D eigenvalue weighted by molar-refractivity contribution is 8.00. The maximum Gasteiger partial charge on any atom is 0.230 e. The van der Waals surface area contributed by atoms with E-state index in [0.29, 0.717) is 21.8 Å². The largest absolute Gasteiger partial charge is 0.353 e. The topological polar surface area (TPSA) is 41.1 Å². The Labute approximate surface area is 145 Å². The minimum atomic E-state index is 0. The van der Waals surface area contributed by atoms with Crippen molar-refractivity contribution in [1.29, 1.82) is 0 Å². The van der Waals surface area contributed by atoms with Gasteiger partial charge in [-0.2, -0.15) is 0 Å². The number of carbonyl (C=O) groups is 1. The van der Waals surface area contributed by atoms with Crippen LogP contribution in [0.25, 0.3) is 0 Å². The lowest BCUT2D eigenvalue weighted by Gasteiger charge is -2.28. The summed E-state index contributed by atoms with van der Waals surface area (Å²) in [6.07, 6.45) is 1.97. The average molecular weight is 370 g/mol. The molecule has 0 saturated carbocycles. The number of carbonyl (C=O) groups excluding carboxylic acids is 1. The first-order valence-electron chi connectivity index (χ1n) is 6.65. The molecule has 21 heavy (non-hydrogen) atoms. The molecular formula is C14H19Cl3N2OS. The second-order valence-electron chi connectivity index (χ2n) is 5.01. The van der Waals surface area contributed by atoms with Crippen molar-refractivity contribution in [1.82, 2.24) is 10.6 Å². The molecule has 7 heteroatoms. The van der Waals surface area contributed by atoms with Gasteiger partial charge in [0.05, 0.1) is 10.8 Å². The van der Waals surface area contributed by atoms with E-state index in [9.17, 15) is 4.79 Å². The highest BCUT2D eigenvalue weighted by Gasteiger charge is 2.19. The van der Waals surface area contributed by atoms with Gasteiger partial charge in [-0.1, -0.05) is 23.2 Å². The summed E-state index contributed by atoms with van der Waals surface area (Å²) >= 11 is 13.4. The minimum Gasteiger partial charge on any atom is -0.353 e. The zero-order chi connectivity index (χ0) is 14.5. The predicted molar refractivity (Wildman–Crippen MR) is 93.1 cm³/mol. The van der Waals surface area contributed by atoms with Gasteiger partial charge >= 0.3 is 0 Å². The number of piperidine rings is 1. The molecule has 0 bridgehead atoms. The van der Waals surface area contributed by atoms with Crippen LogP contribution in [0.1, 0.15) is 19.8 Å². The molecule has 1 aromatic carbocycles. The summed E-state index contributed by atoms with van der Waals surface area (Å²) in [7, 11) is 0. The Balaban J connectivity index is 0.00000220. The smallest absolute Gasteiger partial charge is 0.230 e. The minimum absolute atomic E-state index is 0. The van der Waals surface area contributed by atoms with Gasteiger partial charge in [0, 0.05) is 22.0 Å². The Morgan fingerprint density at radius 1 is 1.48 bits per heavy atom. The summed E-state index contributed by atoms with van der Waals surface area (Å²) in [5.74, 6) is 0.406. The molecular weight excluding hydrogens is 351 g/mol. The lowest BCUT2D eigenvalue weighted by Crippen LogP contribution is -2.47. The van der Waals surface area contributed by atoms with E-state index in [0.717, 1.165) is 24.3 Å². The molecule has 2 unspecified atom stereocenters. The number of thioether (sulfide) groups is 1. The second kappa shape index (κ2) is 9.11. The van der Waals surface area contributed by atoms with Crippen molar-refractivity contribution >= 4 is 53.3 Å². The van der Waals surface area contributed by atoms with E-state index in [4.69, 9.17) is 23.2 Å². The lowest BCUT2D eigenvalue weighted by atomic mass is 10.0. The fourth-order valence-corrected chi connectivity index (χ4v) is 3.57. The van der Waals surface area contributed by atoms with E-state index in [-0.39, 0.29) is 24.4 Å². The number of hydrogen-bond donors (Lipinski definition) is 2. The molecule has 2 atom stereocenters. The van der Waals surface area contributed by atoms with Crippen LogP contribution >= 0.6 is 47.4 Å². The van der Waals surface area contributed by atoms with Crippen LogP contribution < -0.4 is 10.6 Å². The van der Waals surface area contributed by atoms with E-state index >= 15 is 0 Å². The first-order chi connectivity index (χ1) is 9.54.